The van der Waals surface area contributed by atoms with Gasteiger partial charge < -0.3 is 4.65 Å². The summed E-state index contributed by atoms with van der Waals surface area (Å²) in [6.07, 6.45) is 0. The molecule has 0 aromatic heterocycles. The number of carbonyl (C=O) groups is 1. The van der Waals surface area contributed by atoms with Gasteiger partial charge in [-0.2, -0.15) is 0 Å². The van der Waals surface area contributed by atoms with Crippen LogP contribution in [0.4, 0.5) is 4.32 Å². The molecule has 0 unspecified atom stereocenters. The van der Waals surface area contributed by atoms with Gasteiger partial charge in [-0.05, 0) is 39.9 Å². The van der Waals surface area contributed by atoms with E-state index in [0.717, 1.165) is 11.0 Å². The first-order valence-electron chi connectivity index (χ1n) is 3.50. The zero-order valence-corrected chi connectivity index (χ0v) is 7.86. The van der Waals surface area contributed by atoms with E-state index in [-0.39, 0.29) is 11.0 Å². The maximum Gasteiger partial charge on any atom is 0.604 e. The van der Waals surface area contributed by atoms with Crippen LogP contribution in [0.25, 0.3) is 0 Å². The van der Waals surface area contributed by atoms with Crippen LogP contribution in [0.2, 0.25) is 0 Å². The molecule has 0 aliphatic carbocycles. The molecule has 1 aliphatic rings. The van der Waals surface area contributed by atoms with Gasteiger partial charge in [-0.15, -0.1) is 0 Å². The fourth-order valence-electron chi connectivity index (χ4n) is 1.18. The molecule has 2 rings (SSSR count). The highest BCUT2D eigenvalue weighted by atomic mass is 35.7. The molecule has 1 aromatic carbocycles. The molecule has 1 aliphatic heterocycles. The number of carbonyl (C=O) groups excluding carboxylic acids is 1. The SMILES string of the molecule is O=C1OB(F)c2cc(SCl)ccc21. The standard InChI is InChI=1S/C7H3BClFO2S/c9-13-4-1-2-5-6(3-4)8(10)12-7(5)11/h1-3H. The van der Waals surface area contributed by atoms with Crippen LogP contribution in [0.1, 0.15) is 10.4 Å². The van der Waals surface area contributed by atoms with E-state index in [2.05, 4.69) is 4.65 Å². The van der Waals surface area contributed by atoms with Crippen LogP contribution in [0, 0.1) is 0 Å². The van der Waals surface area contributed by atoms with Crippen molar-refractivity contribution in [3.8, 4) is 0 Å². The van der Waals surface area contributed by atoms with Gasteiger partial charge in [-0.1, -0.05) is 0 Å². The molecule has 0 atom stereocenters. The van der Waals surface area contributed by atoms with Gasteiger partial charge in [0.1, 0.15) is 0 Å². The third kappa shape index (κ3) is 1.42. The van der Waals surface area contributed by atoms with Gasteiger partial charge in [0.05, 0.1) is 5.56 Å². The van der Waals surface area contributed by atoms with Gasteiger partial charge in [-0.3, -0.25) is 4.32 Å². The largest absolute Gasteiger partial charge is 0.604 e. The van der Waals surface area contributed by atoms with E-state index in [9.17, 15) is 9.11 Å². The quantitative estimate of drug-likeness (QED) is 0.669. The van der Waals surface area contributed by atoms with Gasteiger partial charge in [0.2, 0.25) is 0 Å². The van der Waals surface area contributed by atoms with Crippen LogP contribution in [0.5, 0.6) is 0 Å². The van der Waals surface area contributed by atoms with Crippen molar-refractivity contribution in [2.24, 2.45) is 0 Å². The van der Waals surface area contributed by atoms with Gasteiger partial charge >= 0.3 is 13.2 Å². The van der Waals surface area contributed by atoms with E-state index in [4.69, 9.17) is 10.7 Å². The van der Waals surface area contributed by atoms with Crippen molar-refractivity contribution in [3.05, 3.63) is 23.8 Å². The van der Waals surface area contributed by atoms with Gasteiger partial charge in [0, 0.05) is 10.4 Å². The summed E-state index contributed by atoms with van der Waals surface area (Å²) in [6.45, 7) is 0. The monoisotopic (exact) mass is 216 g/mol. The lowest BCUT2D eigenvalue weighted by molar-refractivity contribution is 0.0738. The van der Waals surface area contributed by atoms with E-state index >= 15 is 0 Å². The average Bonchev–Trinajstić information content (AvgIpc) is 2.42. The van der Waals surface area contributed by atoms with Gasteiger partial charge in [0.25, 0.3) is 0 Å². The van der Waals surface area contributed by atoms with E-state index in [0.29, 0.717) is 4.90 Å². The number of hydrogen-bond acceptors (Lipinski definition) is 3. The molecule has 0 saturated carbocycles. The molecule has 0 radical (unpaired) electrons. The Labute approximate surface area is 83.1 Å². The summed E-state index contributed by atoms with van der Waals surface area (Å²) in [5.41, 5.74) is 0.539. The number of fused-ring (bicyclic) bond motifs is 1. The normalized spacial score (nSPS) is 14.3. The topological polar surface area (TPSA) is 26.3 Å². The first kappa shape index (κ1) is 8.90. The molecule has 1 aromatic rings. The molecule has 13 heavy (non-hydrogen) atoms. The van der Waals surface area contributed by atoms with Crippen molar-refractivity contribution in [3.63, 3.8) is 0 Å². The average molecular weight is 216 g/mol. The maximum absolute atomic E-state index is 13.0. The molecule has 0 fully saturated rings. The second-order valence-electron chi connectivity index (χ2n) is 2.55. The molecule has 0 bridgehead atoms. The summed E-state index contributed by atoms with van der Waals surface area (Å²) in [4.78, 5) is 11.7. The van der Waals surface area contributed by atoms with Crippen LogP contribution in [-0.2, 0) is 4.65 Å². The van der Waals surface area contributed by atoms with Gasteiger partial charge in [-0.25, -0.2) is 4.79 Å². The van der Waals surface area contributed by atoms with Crippen LogP contribution >= 0.6 is 21.7 Å². The maximum atomic E-state index is 13.0. The third-order valence-electron chi connectivity index (χ3n) is 1.79. The van der Waals surface area contributed by atoms with Gasteiger partial charge in [0.15, 0.2) is 0 Å². The van der Waals surface area contributed by atoms with Crippen molar-refractivity contribution in [2.45, 2.75) is 4.90 Å². The highest BCUT2D eigenvalue weighted by Crippen LogP contribution is 2.23. The highest BCUT2D eigenvalue weighted by Gasteiger charge is 2.37. The Balaban J connectivity index is 2.52. The molecule has 0 saturated heterocycles. The summed E-state index contributed by atoms with van der Waals surface area (Å²) < 4.78 is 17.4. The molecule has 6 heteroatoms. The minimum Gasteiger partial charge on any atom is -0.499 e. The van der Waals surface area contributed by atoms with Crippen LogP contribution in [-0.4, -0.2) is 13.2 Å². The number of benzene rings is 1. The second kappa shape index (κ2) is 3.23. The Bertz CT molecular complexity index is 374. The predicted molar refractivity (Wildman–Crippen MR) is 50.1 cm³/mol. The molecule has 0 amide bonds. The Kier molecular flexibility index (Phi) is 2.21. The van der Waals surface area contributed by atoms with Crippen molar-refractivity contribution in [1.82, 2.24) is 0 Å². The molecule has 1 heterocycles. The first-order valence-corrected chi connectivity index (χ1v) is 5.14. The fraction of sp³-hybridized carbons (Fsp3) is 0. The number of halogens is 2. The molecule has 2 nitrogen and oxygen atoms in total. The Hall–Kier alpha value is -0.675. The second-order valence-corrected chi connectivity index (χ2v) is 3.64. The molecule has 0 N–H and O–H groups in total. The van der Waals surface area contributed by atoms with E-state index in [1.165, 1.54) is 12.1 Å². The zero-order valence-electron chi connectivity index (χ0n) is 6.29. The summed E-state index contributed by atoms with van der Waals surface area (Å²) in [5, 5.41) is 0. The number of rotatable bonds is 1. The summed E-state index contributed by atoms with van der Waals surface area (Å²) in [5.74, 6) is -0.617. The molecular formula is C7H3BClFO2S. The Morgan fingerprint density at radius 1 is 1.54 bits per heavy atom. The first-order chi connectivity index (χ1) is 6.22. The molecular weight excluding hydrogens is 213 g/mol. The van der Waals surface area contributed by atoms with E-state index in [1.54, 1.807) is 6.07 Å². The summed E-state index contributed by atoms with van der Waals surface area (Å²) in [7, 11) is 4.81. The summed E-state index contributed by atoms with van der Waals surface area (Å²) in [6, 6.07) is 4.68. The minimum atomic E-state index is -1.65. The highest BCUT2D eigenvalue weighted by molar-refractivity contribution is 8.21. The predicted octanol–water partition coefficient (Wildman–Crippen LogP) is 1.77. The Morgan fingerprint density at radius 2 is 2.31 bits per heavy atom. The van der Waals surface area contributed by atoms with E-state index < -0.39 is 13.2 Å². The lowest BCUT2D eigenvalue weighted by Crippen LogP contribution is -2.22. The summed E-state index contributed by atoms with van der Waals surface area (Å²) >= 11 is 0. The van der Waals surface area contributed by atoms with Crippen molar-refractivity contribution in [1.29, 1.82) is 0 Å². The zero-order chi connectivity index (χ0) is 9.42. The third-order valence-corrected chi connectivity index (χ3v) is 2.75. The minimum absolute atomic E-state index is 0.260. The van der Waals surface area contributed by atoms with Crippen LogP contribution in [0.15, 0.2) is 23.1 Å². The Morgan fingerprint density at radius 3 is 3.00 bits per heavy atom. The van der Waals surface area contributed by atoms with Crippen molar-refractivity contribution >= 4 is 40.3 Å². The molecule has 66 valence electrons. The number of hydrogen-bond donors (Lipinski definition) is 0. The van der Waals surface area contributed by atoms with Crippen molar-refractivity contribution < 1.29 is 13.8 Å². The smallest absolute Gasteiger partial charge is 0.499 e. The van der Waals surface area contributed by atoms with Crippen molar-refractivity contribution in [2.75, 3.05) is 0 Å². The fourth-order valence-corrected chi connectivity index (χ4v) is 1.76. The van der Waals surface area contributed by atoms with E-state index in [1.807, 2.05) is 0 Å². The van der Waals surface area contributed by atoms with Crippen LogP contribution < -0.4 is 5.46 Å². The lowest BCUT2D eigenvalue weighted by Gasteiger charge is -1.96. The van der Waals surface area contributed by atoms with Crippen LogP contribution in [0.3, 0.4) is 0 Å². The molecule has 0 spiro atoms. The lowest BCUT2D eigenvalue weighted by atomic mass is 9.82.